The summed E-state index contributed by atoms with van der Waals surface area (Å²) in [6, 6.07) is -0.611. The molecule has 0 heterocycles. The molecule has 0 aliphatic heterocycles. The summed E-state index contributed by atoms with van der Waals surface area (Å²) in [7, 11) is 0. The average Bonchev–Trinajstić information content (AvgIpc) is 2.24. The van der Waals surface area contributed by atoms with Gasteiger partial charge in [-0.3, -0.25) is 9.59 Å². The second-order valence-electron chi connectivity index (χ2n) is 3.58. The molecule has 0 fully saturated rings. The SMILES string of the molecule is CCC(O)CCNC(=O)C(CS)NC(C)=O. The highest BCUT2D eigenvalue weighted by Crippen LogP contribution is 1.95. The Morgan fingerprint density at radius 2 is 2.06 bits per heavy atom. The molecule has 2 unspecified atom stereocenters. The molecule has 2 atom stereocenters. The monoisotopic (exact) mass is 248 g/mol. The molecule has 0 bridgehead atoms. The van der Waals surface area contributed by atoms with Gasteiger partial charge in [0.25, 0.3) is 0 Å². The lowest BCUT2D eigenvalue weighted by atomic mass is 10.2. The Bertz CT molecular complexity index is 236. The van der Waals surface area contributed by atoms with Gasteiger partial charge in [0.2, 0.25) is 11.8 Å². The maximum atomic E-state index is 11.5. The van der Waals surface area contributed by atoms with Crippen molar-refractivity contribution in [2.45, 2.75) is 38.8 Å². The van der Waals surface area contributed by atoms with Crippen LogP contribution in [0.15, 0.2) is 0 Å². The Morgan fingerprint density at radius 1 is 1.44 bits per heavy atom. The predicted octanol–water partition coefficient (Wildman–Crippen LogP) is -0.302. The quantitative estimate of drug-likeness (QED) is 0.467. The van der Waals surface area contributed by atoms with Crippen molar-refractivity contribution in [3.05, 3.63) is 0 Å². The molecular formula is C10H20N2O3S. The van der Waals surface area contributed by atoms with Crippen LogP contribution in [0.4, 0.5) is 0 Å². The summed E-state index contributed by atoms with van der Waals surface area (Å²) in [6.07, 6.45) is 0.787. The number of rotatable bonds is 7. The molecule has 0 aliphatic carbocycles. The summed E-state index contributed by atoms with van der Waals surface area (Å²) in [4.78, 5) is 22.3. The third kappa shape index (κ3) is 6.68. The van der Waals surface area contributed by atoms with E-state index in [1.807, 2.05) is 6.92 Å². The van der Waals surface area contributed by atoms with Gasteiger partial charge in [0.1, 0.15) is 6.04 Å². The van der Waals surface area contributed by atoms with Gasteiger partial charge >= 0.3 is 0 Å². The molecule has 0 rings (SSSR count). The van der Waals surface area contributed by atoms with Crippen molar-refractivity contribution < 1.29 is 14.7 Å². The number of aliphatic hydroxyl groups excluding tert-OH is 1. The molecule has 0 aromatic rings. The van der Waals surface area contributed by atoms with Crippen molar-refractivity contribution in [3.63, 3.8) is 0 Å². The molecule has 3 N–H and O–H groups in total. The lowest BCUT2D eigenvalue weighted by Gasteiger charge is -2.16. The first-order valence-corrected chi connectivity index (χ1v) is 5.98. The van der Waals surface area contributed by atoms with E-state index >= 15 is 0 Å². The number of hydrogen-bond acceptors (Lipinski definition) is 4. The summed E-state index contributed by atoms with van der Waals surface area (Å²) < 4.78 is 0. The lowest BCUT2D eigenvalue weighted by molar-refractivity contribution is -0.127. The Hall–Kier alpha value is -0.750. The van der Waals surface area contributed by atoms with Gasteiger partial charge < -0.3 is 15.7 Å². The number of aliphatic hydroxyl groups is 1. The van der Waals surface area contributed by atoms with Crippen molar-refractivity contribution in [3.8, 4) is 0 Å². The van der Waals surface area contributed by atoms with Crippen molar-refractivity contribution >= 4 is 24.4 Å². The average molecular weight is 248 g/mol. The fourth-order valence-electron chi connectivity index (χ4n) is 1.13. The first-order valence-electron chi connectivity index (χ1n) is 5.35. The molecule has 6 heteroatoms. The fraction of sp³-hybridized carbons (Fsp3) is 0.800. The standard InChI is InChI=1S/C10H20N2O3S/c1-3-8(14)4-5-11-10(15)9(6-16)12-7(2)13/h8-9,14,16H,3-6H2,1-2H3,(H,11,15)(H,12,13). The highest BCUT2D eigenvalue weighted by molar-refractivity contribution is 7.80. The fourth-order valence-corrected chi connectivity index (χ4v) is 1.39. The summed E-state index contributed by atoms with van der Waals surface area (Å²) >= 11 is 3.99. The summed E-state index contributed by atoms with van der Waals surface area (Å²) in [5.41, 5.74) is 0. The number of carbonyl (C=O) groups excluding carboxylic acids is 2. The van der Waals surface area contributed by atoms with Gasteiger partial charge in [0.15, 0.2) is 0 Å². The zero-order valence-corrected chi connectivity index (χ0v) is 10.6. The highest BCUT2D eigenvalue weighted by atomic mass is 32.1. The van der Waals surface area contributed by atoms with Crippen molar-refractivity contribution in [2.24, 2.45) is 0 Å². The van der Waals surface area contributed by atoms with Gasteiger partial charge in [-0.1, -0.05) is 6.92 Å². The summed E-state index contributed by atoms with van der Waals surface area (Å²) in [5.74, 6) is -0.279. The molecule has 5 nitrogen and oxygen atoms in total. The Balaban J connectivity index is 3.88. The van der Waals surface area contributed by atoms with E-state index in [4.69, 9.17) is 0 Å². The third-order valence-corrected chi connectivity index (χ3v) is 2.49. The minimum atomic E-state index is -0.611. The van der Waals surface area contributed by atoms with Crippen LogP contribution in [0.1, 0.15) is 26.7 Å². The highest BCUT2D eigenvalue weighted by Gasteiger charge is 2.17. The maximum absolute atomic E-state index is 11.5. The molecule has 94 valence electrons. The first kappa shape index (κ1) is 15.2. The van der Waals surface area contributed by atoms with Crippen molar-refractivity contribution in [2.75, 3.05) is 12.3 Å². The second-order valence-corrected chi connectivity index (χ2v) is 3.94. The number of hydrogen-bond donors (Lipinski definition) is 4. The smallest absolute Gasteiger partial charge is 0.243 e. The molecule has 2 amide bonds. The normalized spacial score (nSPS) is 14.0. The second kappa shape index (κ2) is 8.41. The lowest BCUT2D eigenvalue weighted by Crippen LogP contribution is -2.47. The van der Waals surface area contributed by atoms with E-state index in [2.05, 4.69) is 23.3 Å². The van der Waals surface area contributed by atoms with Crippen LogP contribution >= 0.6 is 12.6 Å². The Kier molecular flexibility index (Phi) is 8.01. The molecule has 0 radical (unpaired) electrons. The van der Waals surface area contributed by atoms with Crippen LogP contribution in [-0.4, -0.2) is 41.4 Å². The van der Waals surface area contributed by atoms with Crippen LogP contribution in [0.3, 0.4) is 0 Å². The Morgan fingerprint density at radius 3 is 2.50 bits per heavy atom. The van der Waals surface area contributed by atoms with Crippen LogP contribution in [0.2, 0.25) is 0 Å². The van der Waals surface area contributed by atoms with Crippen LogP contribution in [0.25, 0.3) is 0 Å². The van der Waals surface area contributed by atoms with Crippen LogP contribution in [0.5, 0.6) is 0 Å². The largest absolute Gasteiger partial charge is 0.393 e. The van der Waals surface area contributed by atoms with E-state index in [1.165, 1.54) is 6.92 Å². The molecule has 0 saturated carbocycles. The summed E-state index contributed by atoms with van der Waals surface area (Å²) in [5, 5.41) is 14.4. The topological polar surface area (TPSA) is 78.4 Å². The van der Waals surface area contributed by atoms with Crippen LogP contribution < -0.4 is 10.6 Å². The third-order valence-electron chi connectivity index (χ3n) is 2.12. The van der Waals surface area contributed by atoms with Gasteiger partial charge in [-0.05, 0) is 12.8 Å². The summed E-state index contributed by atoms with van der Waals surface area (Å²) in [6.45, 7) is 3.63. The molecular weight excluding hydrogens is 228 g/mol. The van der Waals surface area contributed by atoms with Crippen LogP contribution in [0, 0.1) is 0 Å². The number of carbonyl (C=O) groups is 2. The maximum Gasteiger partial charge on any atom is 0.243 e. The van der Waals surface area contributed by atoms with Gasteiger partial charge in [0, 0.05) is 19.2 Å². The van der Waals surface area contributed by atoms with Gasteiger partial charge in [-0.25, -0.2) is 0 Å². The molecule has 0 aromatic carbocycles. The molecule has 0 aliphatic rings. The first-order chi connectivity index (χ1) is 7.51. The molecule has 0 aromatic heterocycles. The van der Waals surface area contributed by atoms with Gasteiger partial charge in [0.05, 0.1) is 6.10 Å². The molecule has 16 heavy (non-hydrogen) atoms. The predicted molar refractivity (Wildman–Crippen MR) is 65.4 cm³/mol. The molecule has 0 saturated heterocycles. The van der Waals surface area contributed by atoms with Gasteiger partial charge in [-0.2, -0.15) is 12.6 Å². The zero-order chi connectivity index (χ0) is 12.6. The van der Waals surface area contributed by atoms with E-state index in [1.54, 1.807) is 0 Å². The number of amides is 2. The Labute approximate surface area is 101 Å². The molecule has 0 spiro atoms. The minimum Gasteiger partial charge on any atom is -0.393 e. The zero-order valence-electron chi connectivity index (χ0n) is 9.69. The number of thiol groups is 1. The van der Waals surface area contributed by atoms with E-state index in [0.717, 1.165) is 0 Å². The van der Waals surface area contributed by atoms with Crippen molar-refractivity contribution in [1.82, 2.24) is 10.6 Å². The van der Waals surface area contributed by atoms with E-state index in [0.29, 0.717) is 19.4 Å². The van der Waals surface area contributed by atoms with Crippen LogP contribution in [-0.2, 0) is 9.59 Å². The van der Waals surface area contributed by atoms with Crippen molar-refractivity contribution in [1.29, 1.82) is 0 Å². The van der Waals surface area contributed by atoms with E-state index in [9.17, 15) is 14.7 Å². The van der Waals surface area contributed by atoms with E-state index < -0.39 is 12.1 Å². The number of nitrogens with one attached hydrogen (secondary N) is 2. The van der Waals surface area contributed by atoms with Gasteiger partial charge in [-0.15, -0.1) is 0 Å². The minimum absolute atomic E-state index is 0.252. The van der Waals surface area contributed by atoms with E-state index in [-0.39, 0.29) is 17.6 Å².